The summed E-state index contributed by atoms with van der Waals surface area (Å²) in [4.78, 5) is 0. The highest BCUT2D eigenvalue weighted by Gasteiger charge is 2.33. The molecular weight excluding hydrogens is 307 g/mol. The fourth-order valence-corrected chi connectivity index (χ4v) is 2.62. The highest BCUT2D eigenvalue weighted by Crippen LogP contribution is 2.37. The summed E-state index contributed by atoms with van der Waals surface area (Å²) in [7, 11) is 0. The Labute approximate surface area is 112 Å². The van der Waals surface area contributed by atoms with E-state index in [1.807, 2.05) is 6.08 Å². The second-order valence-electron chi connectivity index (χ2n) is 4.39. The van der Waals surface area contributed by atoms with Gasteiger partial charge in [-0.05, 0) is 37.0 Å². The van der Waals surface area contributed by atoms with Crippen molar-refractivity contribution in [3.05, 3.63) is 45.4 Å². The molecule has 0 saturated heterocycles. The normalized spacial score (nSPS) is 17.7. The molecule has 98 valence electrons. The average Bonchev–Trinajstić information content (AvgIpc) is 2.80. The van der Waals surface area contributed by atoms with Gasteiger partial charge in [-0.25, -0.2) is 0 Å². The van der Waals surface area contributed by atoms with Gasteiger partial charge < -0.3 is 5.73 Å². The second kappa shape index (κ2) is 5.05. The third-order valence-electron chi connectivity index (χ3n) is 3.13. The Kier molecular flexibility index (Phi) is 3.82. The number of alkyl halides is 3. The summed E-state index contributed by atoms with van der Waals surface area (Å²) < 4.78 is 38.4. The fraction of sp³-hybridized carbons (Fsp3) is 0.385. The number of hydrogen-bond acceptors (Lipinski definition) is 1. The number of benzene rings is 1. The molecule has 1 aliphatic carbocycles. The molecule has 2 N–H and O–H groups in total. The summed E-state index contributed by atoms with van der Waals surface area (Å²) in [5.74, 6) is 0. The first-order valence-corrected chi connectivity index (χ1v) is 6.50. The minimum absolute atomic E-state index is 0.0475. The molecule has 0 spiro atoms. The van der Waals surface area contributed by atoms with Gasteiger partial charge >= 0.3 is 6.18 Å². The largest absolute Gasteiger partial charge is 0.417 e. The molecule has 18 heavy (non-hydrogen) atoms. The van der Waals surface area contributed by atoms with Crippen molar-refractivity contribution >= 4 is 15.9 Å². The van der Waals surface area contributed by atoms with Crippen molar-refractivity contribution in [1.29, 1.82) is 0 Å². The van der Waals surface area contributed by atoms with E-state index >= 15 is 0 Å². The SMILES string of the molecule is NC(C1=CCCC1)c1ccc(Br)c(C(F)(F)F)c1. The Bertz CT molecular complexity index is 480. The smallest absolute Gasteiger partial charge is 0.321 e. The van der Waals surface area contributed by atoms with Crippen LogP contribution < -0.4 is 5.73 Å². The van der Waals surface area contributed by atoms with Crippen LogP contribution in [0.25, 0.3) is 0 Å². The van der Waals surface area contributed by atoms with Gasteiger partial charge in [-0.15, -0.1) is 0 Å². The zero-order valence-electron chi connectivity index (χ0n) is 9.60. The predicted molar refractivity (Wildman–Crippen MR) is 68.0 cm³/mol. The first-order chi connectivity index (χ1) is 8.39. The number of hydrogen-bond donors (Lipinski definition) is 1. The lowest BCUT2D eigenvalue weighted by Crippen LogP contribution is -2.14. The minimum atomic E-state index is -4.36. The van der Waals surface area contributed by atoms with Gasteiger partial charge in [-0.1, -0.05) is 33.6 Å². The number of allylic oxidation sites excluding steroid dienone is 1. The Morgan fingerprint density at radius 1 is 1.28 bits per heavy atom. The van der Waals surface area contributed by atoms with E-state index in [-0.39, 0.29) is 4.47 Å². The molecule has 0 bridgehead atoms. The van der Waals surface area contributed by atoms with Crippen molar-refractivity contribution in [3.63, 3.8) is 0 Å². The number of nitrogens with two attached hydrogens (primary N) is 1. The molecule has 1 aromatic carbocycles. The zero-order chi connectivity index (χ0) is 13.3. The van der Waals surface area contributed by atoms with E-state index < -0.39 is 17.8 Å². The van der Waals surface area contributed by atoms with Crippen LogP contribution in [0.15, 0.2) is 34.3 Å². The topological polar surface area (TPSA) is 26.0 Å². The second-order valence-corrected chi connectivity index (χ2v) is 5.24. The lowest BCUT2D eigenvalue weighted by Gasteiger charge is -2.17. The van der Waals surface area contributed by atoms with E-state index in [2.05, 4.69) is 15.9 Å². The Morgan fingerprint density at radius 2 is 2.00 bits per heavy atom. The Morgan fingerprint density at radius 3 is 2.56 bits per heavy atom. The zero-order valence-corrected chi connectivity index (χ0v) is 11.2. The molecule has 1 unspecified atom stereocenters. The molecule has 0 saturated carbocycles. The maximum Gasteiger partial charge on any atom is 0.417 e. The summed E-state index contributed by atoms with van der Waals surface area (Å²) in [6.07, 6.45) is 0.536. The van der Waals surface area contributed by atoms with Crippen LogP contribution in [0.5, 0.6) is 0 Å². The highest BCUT2D eigenvalue weighted by atomic mass is 79.9. The molecule has 0 amide bonds. The van der Waals surface area contributed by atoms with Crippen molar-refractivity contribution < 1.29 is 13.2 Å². The van der Waals surface area contributed by atoms with Crippen molar-refractivity contribution in [2.45, 2.75) is 31.5 Å². The van der Waals surface area contributed by atoms with Crippen LogP contribution in [0, 0.1) is 0 Å². The van der Waals surface area contributed by atoms with Crippen molar-refractivity contribution in [2.75, 3.05) is 0 Å². The van der Waals surface area contributed by atoms with E-state index in [0.29, 0.717) is 5.56 Å². The molecule has 0 aliphatic heterocycles. The van der Waals surface area contributed by atoms with E-state index in [1.54, 1.807) is 6.07 Å². The van der Waals surface area contributed by atoms with Crippen LogP contribution in [0.1, 0.15) is 36.4 Å². The number of rotatable bonds is 2. The predicted octanol–water partition coefficient (Wildman–Crippen LogP) is 4.58. The summed E-state index contributed by atoms with van der Waals surface area (Å²) in [6.45, 7) is 0. The standard InChI is InChI=1S/C13H13BrF3N/c14-11-6-5-9(7-10(11)13(15,16)17)12(18)8-3-1-2-4-8/h3,5-7,12H,1-2,4,18H2. The molecule has 1 aromatic rings. The van der Waals surface area contributed by atoms with E-state index in [9.17, 15) is 13.2 Å². The lowest BCUT2D eigenvalue weighted by molar-refractivity contribution is -0.138. The van der Waals surface area contributed by atoms with Crippen LogP contribution >= 0.6 is 15.9 Å². The van der Waals surface area contributed by atoms with E-state index in [1.165, 1.54) is 6.07 Å². The highest BCUT2D eigenvalue weighted by molar-refractivity contribution is 9.10. The summed E-state index contributed by atoms with van der Waals surface area (Å²) in [6, 6.07) is 3.76. The Hall–Kier alpha value is -0.810. The van der Waals surface area contributed by atoms with Gasteiger partial charge in [0.05, 0.1) is 11.6 Å². The summed E-state index contributed by atoms with van der Waals surface area (Å²) in [5.41, 5.74) is 6.88. The fourth-order valence-electron chi connectivity index (χ4n) is 2.15. The molecular formula is C13H13BrF3N. The first kappa shape index (κ1) is 13.6. The van der Waals surface area contributed by atoms with Crippen molar-refractivity contribution in [3.8, 4) is 0 Å². The summed E-state index contributed by atoms with van der Waals surface area (Å²) in [5, 5.41) is 0. The molecule has 5 heteroatoms. The van der Waals surface area contributed by atoms with E-state index in [4.69, 9.17) is 5.73 Å². The quantitative estimate of drug-likeness (QED) is 0.793. The van der Waals surface area contributed by atoms with Crippen LogP contribution in [0.4, 0.5) is 13.2 Å². The molecule has 0 radical (unpaired) electrons. The van der Waals surface area contributed by atoms with Gasteiger partial charge in [0.2, 0.25) is 0 Å². The number of halogens is 4. The monoisotopic (exact) mass is 319 g/mol. The van der Waals surface area contributed by atoms with Gasteiger partial charge in [0, 0.05) is 4.47 Å². The van der Waals surface area contributed by atoms with Gasteiger partial charge in [0.15, 0.2) is 0 Å². The van der Waals surface area contributed by atoms with Crippen LogP contribution in [0.3, 0.4) is 0 Å². The van der Waals surface area contributed by atoms with Gasteiger partial charge in [0.1, 0.15) is 0 Å². The average molecular weight is 320 g/mol. The summed E-state index contributed by atoms with van der Waals surface area (Å²) >= 11 is 2.92. The molecule has 1 nitrogen and oxygen atoms in total. The lowest BCUT2D eigenvalue weighted by atomic mass is 9.97. The molecule has 0 heterocycles. The van der Waals surface area contributed by atoms with E-state index in [0.717, 1.165) is 30.9 Å². The minimum Gasteiger partial charge on any atom is -0.321 e. The van der Waals surface area contributed by atoms with Crippen molar-refractivity contribution in [1.82, 2.24) is 0 Å². The molecule has 1 aliphatic rings. The molecule has 0 aromatic heterocycles. The van der Waals surface area contributed by atoms with Crippen LogP contribution in [-0.2, 0) is 6.18 Å². The molecule has 2 rings (SSSR count). The van der Waals surface area contributed by atoms with Gasteiger partial charge in [-0.3, -0.25) is 0 Å². The van der Waals surface area contributed by atoms with Gasteiger partial charge in [-0.2, -0.15) is 13.2 Å². The maximum atomic E-state index is 12.8. The molecule has 0 fully saturated rings. The third kappa shape index (κ3) is 2.78. The Balaban J connectivity index is 2.35. The van der Waals surface area contributed by atoms with Crippen LogP contribution in [0.2, 0.25) is 0 Å². The van der Waals surface area contributed by atoms with Crippen molar-refractivity contribution in [2.24, 2.45) is 5.73 Å². The van der Waals surface area contributed by atoms with Gasteiger partial charge in [0.25, 0.3) is 0 Å². The van der Waals surface area contributed by atoms with Crippen LogP contribution in [-0.4, -0.2) is 0 Å². The maximum absolute atomic E-state index is 12.8. The first-order valence-electron chi connectivity index (χ1n) is 5.71. The third-order valence-corrected chi connectivity index (χ3v) is 3.82. The molecule has 1 atom stereocenters.